The Morgan fingerprint density at radius 2 is 1.81 bits per heavy atom. The van der Waals surface area contributed by atoms with E-state index in [-0.39, 0.29) is 5.92 Å². The van der Waals surface area contributed by atoms with Gasteiger partial charge in [-0.2, -0.15) is 0 Å². The molecule has 2 saturated heterocycles. The lowest BCUT2D eigenvalue weighted by molar-refractivity contribution is -0.131. The number of carbonyl (C=O) groups excluding carboxylic acids is 1. The third kappa shape index (κ3) is 3.01. The molecule has 2 aliphatic heterocycles. The Labute approximate surface area is 155 Å². The van der Waals surface area contributed by atoms with Crippen LogP contribution in [0.2, 0.25) is 0 Å². The Morgan fingerprint density at radius 1 is 1.00 bits per heavy atom. The molecule has 2 aromatic rings. The molecular weight excluding hydrogens is 322 g/mol. The van der Waals surface area contributed by atoms with E-state index in [4.69, 9.17) is 0 Å². The largest absolute Gasteiger partial charge is 0.341 e. The number of hydrogen-bond acceptors (Lipinski definition) is 3. The highest BCUT2D eigenvalue weighted by Gasteiger charge is 2.47. The quantitative estimate of drug-likeness (QED) is 0.925. The topological polar surface area (TPSA) is 35.6 Å². The second-order valence-electron chi connectivity index (χ2n) is 8.07. The van der Waals surface area contributed by atoms with E-state index in [1.807, 2.05) is 0 Å². The molecular formula is C22H27N3O. The van der Waals surface area contributed by atoms with Crippen LogP contribution in [-0.4, -0.2) is 61.0 Å². The van der Waals surface area contributed by atoms with Crippen LogP contribution < -0.4 is 5.32 Å². The highest BCUT2D eigenvalue weighted by atomic mass is 16.2. The highest BCUT2D eigenvalue weighted by Crippen LogP contribution is 2.49. The van der Waals surface area contributed by atoms with Gasteiger partial charge < -0.3 is 10.2 Å². The maximum absolute atomic E-state index is 13.0. The average molecular weight is 349 g/mol. The van der Waals surface area contributed by atoms with Gasteiger partial charge in [-0.05, 0) is 35.1 Å². The molecule has 26 heavy (non-hydrogen) atoms. The van der Waals surface area contributed by atoms with E-state index in [0.717, 1.165) is 52.1 Å². The van der Waals surface area contributed by atoms with Crippen molar-refractivity contribution in [3.8, 4) is 0 Å². The molecule has 1 amide bonds. The number of nitrogens with one attached hydrogen (secondary N) is 1. The summed E-state index contributed by atoms with van der Waals surface area (Å²) in [6, 6.07) is 15.7. The lowest BCUT2D eigenvalue weighted by Gasteiger charge is -2.32. The molecule has 0 radical (unpaired) electrons. The van der Waals surface area contributed by atoms with Crippen LogP contribution in [0, 0.1) is 5.92 Å². The molecule has 4 heteroatoms. The predicted molar refractivity (Wildman–Crippen MR) is 104 cm³/mol. The van der Waals surface area contributed by atoms with Crippen molar-refractivity contribution in [3.63, 3.8) is 0 Å². The van der Waals surface area contributed by atoms with Crippen molar-refractivity contribution in [1.29, 1.82) is 0 Å². The first kappa shape index (κ1) is 16.3. The van der Waals surface area contributed by atoms with Gasteiger partial charge in [0.25, 0.3) is 0 Å². The molecule has 3 aliphatic rings. The van der Waals surface area contributed by atoms with E-state index in [9.17, 15) is 4.79 Å². The second-order valence-corrected chi connectivity index (χ2v) is 8.07. The van der Waals surface area contributed by atoms with Crippen molar-refractivity contribution in [1.82, 2.24) is 15.1 Å². The zero-order valence-corrected chi connectivity index (χ0v) is 15.2. The zero-order chi connectivity index (χ0) is 17.5. The minimum Gasteiger partial charge on any atom is -0.341 e. The first-order chi connectivity index (χ1) is 12.8. The van der Waals surface area contributed by atoms with Crippen LogP contribution in [0.4, 0.5) is 0 Å². The number of likely N-dealkylation sites (tertiary alicyclic amines) is 1. The standard InChI is InChI=1S/C22H27N3O/c26-22(25-10-7-19(15-25)24-11-8-23-9-12-24)21-14-20(21)18-6-5-16-3-1-2-4-17(16)13-18/h1-6,13,19-21,23H,7-12,14-15H2. The Kier molecular flexibility index (Phi) is 4.18. The van der Waals surface area contributed by atoms with E-state index in [1.54, 1.807) is 0 Å². The molecule has 1 saturated carbocycles. The van der Waals surface area contributed by atoms with Crippen molar-refractivity contribution in [3.05, 3.63) is 48.0 Å². The van der Waals surface area contributed by atoms with Gasteiger partial charge in [0, 0.05) is 51.2 Å². The normalized spacial score (nSPS) is 29.2. The third-order valence-corrected chi connectivity index (χ3v) is 6.45. The summed E-state index contributed by atoms with van der Waals surface area (Å²) < 4.78 is 0. The highest BCUT2D eigenvalue weighted by molar-refractivity contribution is 5.86. The van der Waals surface area contributed by atoms with E-state index in [0.29, 0.717) is 17.9 Å². The van der Waals surface area contributed by atoms with E-state index < -0.39 is 0 Å². The third-order valence-electron chi connectivity index (χ3n) is 6.45. The van der Waals surface area contributed by atoms with Gasteiger partial charge in [0.05, 0.1) is 0 Å². The minimum absolute atomic E-state index is 0.206. The summed E-state index contributed by atoms with van der Waals surface area (Å²) >= 11 is 0. The minimum atomic E-state index is 0.206. The summed E-state index contributed by atoms with van der Waals surface area (Å²) in [5.41, 5.74) is 1.33. The Bertz CT molecular complexity index is 814. The Hall–Kier alpha value is -1.91. The zero-order valence-electron chi connectivity index (χ0n) is 15.2. The molecule has 2 heterocycles. The Balaban J connectivity index is 1.23. The molecule has 1 aliphatic carbocycles. The van der Waals surface area contributed by atoms with Crippen molar-refractivity contribution in [2.45, 2.75) is 24.8 Å². The number of amides is 1. The lowest BCUT2D eigenvalue weighted by atomic mass is 10.0. The van der Waals surface area contributed by atoms with E-state index in [1.165, 1.54) is 16.3 Å². The molecule has 2 aromatic carbocycles. The maximum atomic E-state index is 13.0. The first-order valence-corrected chi connectivity index (χ1v) is 10.0. The van der Waals surface area contributed by atoms with Crippen LogP contribution in [0.25, 0.3) is 10.8 Å². The number of piperazine rings is 1. The van der Waals surface area contributed by atoms with Crippen LogP contribution in [-0.2, 0) is 4.79 Å². The van der Waals surface area contributed by atoms with Crippen LogP contribution in [0.15, 0.2) is 42.5 Å². The lowest BCUT2D eigenvalue weighted by Crippen LogP contribution is -2.49. The van der Waals surface area contributed by atoms with Crippen molar-refractivity contribution < 1.29 is 4.79 Å². The van der Waals surface area contributed by atoms with Gasteiger partial charge in [-0.1, -0.05) is 42.5 Å². The summed E-state index contributed by atoms with van der Waals surface area (Å²) in [5.74, 6) is 1.02. The van der Waals surface area contributed by atoms with E-state index in [2.05, 4.69) is 57.6 Å². The SMILES string of the molecule is O=C(C1CC1c1ccc2ccccc2c1)N1CCC(N2CCNCC2)C1. The van der Waals surface area contributed by atoms with Gasteiger partial charge in [0.1, 0.15) is 0 Å². The summed E-state index contributed by atoms with van der Waals surface area (Å²) in [6.45, 7) is 6.27. The number of nitrogens with zero attached hydrogens (tertiary/aromatic N) is 2. The van der Waals surface area contributed by atoms with Crippen molar-refractivity contribution >= 4 is 16.7 Å². The molecule has 0 aromatic heterocycles. The van der Waals surface area contributed by atoms with Crippen LogP contribution >= 0.6 is 0 Å². The number of carbonyl (C=O) groups is 1. The number of hydrogen-bond donors (Lipinski definition) is 1. The molecule has 3 fully saturated rings. The summed E-state index contributed by atoms with van der Waals surface area (Å²) in [7, 11) is 0. The number of fused-ring (bicyclic) bond motifs is 1. The van der Waals surface area contributed by atoms with Crippen LogP contribution in [0.3, 0.4) is 0 Å². The van der Waals surface area contributed by atoms with Crippen LogP contribution in [0.5, 0.6) is 0 Å². The van der Waals surface area contributed by atoms with Gasteiger partial charge in [-0.25, -0.2) is 0 Å². The Morgan fingerprint density at radius 3 is 2.65 bits per heavy atom. The fraction of sp³-hybridized carbons (Fsp3) is 0.500. The fourth-order valence-corrected chi connectivity index (χ4v) is 4.80. The molecule has 0 bridgehead atoms. The predicted octanol–water partition coefficient (Wildman–Crippen LogP) is 2.45. The second kappa shape index (κ2) is 6.67. The van der Waals surface area contributed by atoms with Gasteiger partial charge >= 0.3 is 0 Å². The average Bonchev–Trinajstić information content (AvgIpc) is 3.35. The number of rotatable bonds is 3. The van der Waals surface area contributed by atoms with Gasteiger partial charge in [-0.15, -0.1) is 0 Å². The van der Waals surface area contributed by atoms with Gasteiger partial charge in [0.15, 0.2) is 0 Å². The molecule has 3 unspecified atom stereocenters. The van der Waals surface area contributed by atoms with Gasteiger partial charge in [-0.3, -0.25) is 9.69 Å². The summed E-state index contributed by atoms with van der Waals surface area (Å²) in [5, 5.41) is 5.97. The smallest absolute Gasteiger partial charge is 0.226 e. The molecule has 136 valence electrons. The van der Waals surface area contributed by atoms with Gasteiger partial charge in [0.2, 0.25) is 5.91 Å². The molecule has 0 spiro atoms. The first-order valence-electron chi connectivity index (χ1n) is 10.0. The molecule has 5 rings (SSSR count). The van der Waals surface area contributed by atoms with Crippen molar-refractivity contribution in [2.24, 2.45) is 5.92 Å². The van der Waals surface area contributed by atoms with Crippen LogP contribution in [0.1, 0.15) is 24.3 Å². The number of benzene rings is 2. The molecule has 1 N–H and O–H groups in total. The molecule has 3 atom stereocenters. The molecule has 4 nitrogen and oxygen atoms in total. The fourth-order valence-electron chi connectivity index (χ4n) is 4.80. The summed E-state index contributed by atoms with van der Waals surface area (Å²) in [4.78, 5) is 17.7. The monoisotopic (exact) mass is 349 g/mol. The maximum Gasteiger partial charge on any atom is 0.226 e. The van der Waals surface area contributed by atoms with E-state index >= 15 is 0 Å². The summed E-state index contributed by atoms with van der Waals surface area (Å²) in [6.07, 6.45) is 2.16. The van der Waals surface area contributed by atoms with Crippen molar-refractivity contribution in [2.75, 3.05) is 39.3 Å².